The van der Waals surface area contributed by atoms with Gasteiger partial charge in [-0.05, 0) is 24.7 Å². The number of fused-ring (bicyclic) bond motifs is 2. The fourth-order valence-electron chi connectivity index (χ4n) is 2.32. The van der Waals surface area contributed by atoms with Gasteiger partial charge in [0.05, 0.1) is 0 Å². The Bertz CT molecular complexity index is 396. The van der Waals surface area contributed by atoms with Crippen molar-refractivity contribution in [1.29, 1.82) is 0 Å². The van der Waals surface area contributed by atoms with Gasteiger partial charge in [0.15, 0.2) is 0 Å². The van der Waals surface area contributed by atoms with Gasteiger partial charge in [-0.15, -0.1) is 11.8 Å². The van der Waals surface area contributed by atoms with E-state index in [9.17, 15) is 4.79 Å². The molecule has 2 aliphatic rings. The van der Waals surface area contributed by atoms with E-state index in [0.717, 1.165) is 24.3 Å². The molecule has 14 heavy (non-hydrogen) atoms. The summed E-state index contributed by atoms with van der Waals surface area (Å²) in [5.41, 5.74) is 2.19. The summed E-state index contributed by atoms with van der Waals surface area (Å²) < 4.78 is -0.253. The molecule has 3 rings (SSSR count). The number of benzene rings is 1. The zero-order chi connectivity index (χ0) is 9.60. The first kappa shape index (κ1) is 8.36. The highest BCUT2D eigenvalue weighted by atomic mass is 32.2. The van der Waals surface area contributed by atoms with Crippen LogP contribution in [0.2, 0.25) is 0 Å². The van der Waals surface area contributed by atoms with Crippen LogP contribution in [-0.4, -0.2) is 11.7 Å². The van der Waals surface area contributed by atoms with Crippen LogP contribution >= 0.6 is 11.8 Å². The highest BCUT2D eigenvalue weighted by Gasteiger charge is 2.49. The topological polar surface area (TPSA) is 29.1 Å². The number of nitrogens with one attached hydrogen (secondary N) is 1. The van der Waals surface area contributed by atoms with Crippen molar-refractivity contribution in [3.05, 3.63) is 29.8 Å². The van der Waals surface area contributed by atoms with Gasteiger partial charge in [0.1, 0.15) is 4.75 Å². The molecule has 1 atom stereocenters. The molecule has 1 fully saturated rings. The van der Waals surface area contributed by atoms with Crippen LogP contribution in [0.25, 0.3) is 0 Å². The third-order valence-electron chi connectivity index (χ3n) is 3.00. The van der Waals surface area contributed by atoms with E-state index in [2.05, 4.69) is 11.4 Å². The number of amides is 1. The van der Waals surface area contributed by atoms with Crippen LogP contribution in [0.1, 0.15) is 18.4 Å². The summed E-state index contributed by atoms with van der Waals surface area (Å²) in [5, 5.41) is 2.97. The molecule has 0 aliphatic carbocycles. The molecule has 1 aromatic rings. The van der Waals surface area contributed by atoms with Crippen LogP contribution in [0.4, 0.5) is 5.69 Å². The molecular formula is C11H11NOS. The molecule has 1 saturated heterocycles. The van der Waals surface area contributed by atoms with Gasteiger partial charge in [-0.1, -0.05) is 18.2 Å². The zero-order valence-electron chi connectivity index (χ0n) is 7.75. The highest BCUT2D eigenvalue weighted by molar-refractivity contribution is 8.01. The monoisotopic (exact) mass is 205 g/mol. The maximum Gasteiger partial charge on any atom is 0.245 e. The minimum Gasteiger partial charge on any atom is -0.324 e. The number of rotatable bonds is 0. The van der Waals surface area contributed by atoms with Crippen molar-refractivity contribution in [3.8, 4) is 0 Å². The first-order valence-electron chi connectivity index (χ1n) is 4.88. The van der Waals surface area contributed by atoms with E-state index >= 15 is 0 Å². The van der Waals surface area contributed by atoms with Crippen LogP contribution in [-0.2, 0) is 9.54 Å². The summed E-state index contributed by atoms with van der Waals surface area (Å²) >= 11 is 1.79. The van der Waals surface area contributed by atoms with E-state index in [0.29, 0.717) is 0 Å². The molecule has 2 heterocycles. The lowest BCUT2D eigenvalue weighted by atomic mass is 9.95. The van der Waals surface area contributed by atoms with Crippen molar-refractivity contribution in [3.63, 3.8) is 0 Å². The average Bonchev–Trinajstić information content (AvgIpc) is 2.77. The Morgan fingerprint density at radius 1 is 1.36 bits per heavy atom. The van der Waals surface area contributed by atoms with E-state index in [1.165, 1.54) is 5.56 Å². The van der Waals surface area contributed by atoms with E-state index in [1.807, 2.05) is 18.2 Å². The first-order valence-corrected chi connectivity index (χ1v) is 5.86. The smallest absolute Gasteiger partial charge is 0.245 e. The van der Waals surface area contributed by atoms with Gasteiger partial charge in [-0.25, -0.2) is 0 Å². The van der Waals surface area contributed by atoms with Gasteiger partial charge in [-0.3, -0.25) is 4.79 Å². The quantitative estimate of drug-likeness (QED) is 0.704. The summed E-state index contributed by atoms with van der Waals surface area (Å²) in [4.78, 5) is 11.9. The molecule has 3 heteroatoms. The minimum atomic E-state index is -0.253. The molecule has 1 spiro atoms. The predicted molar refractivity (Wildman–Crippen MR) is 58.4 cm³/mol. The second kappa shape index (κ2) is 2.76. The van der Waals surface area contributed by atoms with Crippen LogP contribution in [0.15, 0.2) is 24.3 Å². The lowest BCUT2D eigenvalue weighted by Gasteiger charge is -2.19. The molecule has 0 radical (unpaired) electrons. The summed E-state index contributed by atoms with van der Waals surface area (Å²) in [6.45, 7) is 0. The standard InChI is InChI=1S/C11H11NOS/c13-10-11(6-3-7-14-11)8-4-1-2-5-9(8)12-10/h1-2,4-5H,3,6-7H2,(H,12,13). The number of carbonyl (C=O) groups excluding carboxylic acids is 1. The molecule has 1 unspecified atom stereocenters. The number of para-hydroxylation sites is 1. The van der Waals surface area contributed by atoms with Gasteiger partial charge >= 0.3 is 0 Å². The molecule has 1 N–H and O–H groups in total. The van der Waals surface area contributed by atoms with Crippen molar-refractivity contribution < 1.29 is 4.79 Å². The third-order valence-corrected chi connectivity index (χ3v) is 4.59. The van der Waals surface area contributed by atoms with Gasteiger partial charge in [0.2, 0.25) is 5.91 Å². The second-order valence-corrected chi connectivity index (χ2v) is 5.17. The molecule has 2 aliphatic heterocycles. The van der Waals surface area contributed by atoms with Crippen molar-refractivity contribution in [2.45, 2.75) is 17.6 Å². The van der Waals surface area contributed by atoms with Crippen LogP contribution < -0.4 is 5.32 Å². The van der Waals surface area contributed by atoms with E-state index in [4.69, 9.17) is 0 Å². The molecule has 2 nitrogen and oxygen atoms in total. The lowest BCUT2D eigenvalue weighted by molar-refractivity contribution is -0.118. The van der Waals surface area contributed by atoms with Crippen molar-refractivity contribution in [1.82, 2.24) is 0 Å². The summed E-state index contributed by atoms with van der Waals surface area (Å²) in [6, 6.07) is 8.05. The van der Waals surface area contributed by atoms with Crippen LogP contribution in [0.5, 0.6) is 0 Å². The summed E-state index contributed by atoms with van der Waals surface area (Å²) in [6.07, 6.45) is 2.13. The lowest BCUT2D eigenvalue weighted by Crippen LogP contribution is -2.27. The molecule has 0 saturated carbocycles. The van der Waals surface area contributed by atoms with E-state index in [-0.39, 0.29) is 10.7 Å². The molecule has 0 aromatic heterocycles. The summed E-state index contributed by atoms with van der Waals surface area (Å²) in [5.74, 6) is 1.28. The van der Waals surface area contributed by atoms with E-state index < -0.39 is 0 Å². The third kappa shape index (κ3) is 0.906. The Balaban J connectivity index is 2.18. The minimum absolute atomic E-state index is 0.182. The Morgan fingerprint density at radius 2 is 2.21 bits per heavy atom. The molecular weight excluding hydrogens is 194 g/mol. The highest BCUT2D eigenvalue weighted by Crippen LogP contribution is 2.52. The van der Waals surface area contributed by atoms with Crippen LogP contribution in [0, 0.1) is 0 Å². The maximum absolute atomic E-state index is 11.9. The fourth-order valence-corrected chi connectivity index (χ4v) is 3.76. The SMILES string of the molecule is O=C1Nc2ccccc2C12CCCS2. The van der Waals surface area contributed by atoms with Crippen molar-refractivity contribution >= 4 is 23.4 Å². The second-order valence-electron chi connectivity index (χ2n) is 3.78. The predicted octanol–water partition coefficient (Wildman–Crippen LogP) is 2.36. The number of hydrogen-bond donors (Lipinski definition) is 1. The molecule has 0 bridgehead atoms. The maximum atomic E-state index is 11.9. The zero-order valence-corrected chi connectivity index (χ0v) is 8.56. The van der Waals surface area contributed by atoms with Gasteiger partial charge in [0.25, 0.3) is 0 Å². The number of anilines is 1. The largest absolute Gasteiger partial charge is 0.324 e. The molecule has 1 aromatic carbocycles. The Kier molecular flexibility index (Phi) is 1.65. The number of hydrogen-bond acceptors (Lipinski definition) is 2. The number of carbonyl (C=O) groups is 1. The molecule has 72 valence electrons. The fraction of sp³-hybridized carbons (Fsp3) is 0.364. The van der Waals surface area contributed by atoms with Crippen molar-refractivity contribution in [2.24, 2.45) is 0 Å². The Labute approximate surface area is 87.1 Å². The first-order chi connectivity index (χ1) is 6.83. The van der Waals surface area contributed by atoms with Gasteiger partial charge in [0, 0.05) is 11.3 Å². The average molecular weight is 205 g/mol. The summed E-state index contributed by atoms with van der Waals surface area (Å²) in [7, 11) is 0. The van der Waals surface area contributed by atoms with Crippen molar-refractivity contribution in [2.75, 3.05) is 11.1 Å². The Morgan fingerprint density at radius 3 is 3.00 bits per heavy atom. The normalized spacial score (nSPS) is 29.3. The van der Waals surface area contributed by atoms with Gasteiger partial charge < -0.3 is 5.32 Å². The molecule has 1 amide bonds. The number of thioether (sulfide) groups is 1. The van der Waals surface area contributed by atoms with E-state index in [1.54, 1.807) is 11.8 Å². The van der Waals surface area contributed by atoms with Gasteiger partial charge in [-0.2, -0.15) is 0 Å². The Hall–Kier alpha value is -0.960. The van der Waals surface area contributed by atoms with Crippen LogP contribution in [0.3, 0.4) is 0 Å².